The molecule has 1 N–H and O–H groups in total. The summed E-state index contributed by atoms with van der Waals surface area (Å²) in [7, 11) is 0. The molecule has 0 bridgehead atoms. The van der Waals surface area contributed by atoms with E-state index >= 15 is 0 Å². The normalized spacial score (nSPS) is 15.1. The lowest BCUT2D eigenvalue weighted by Gasteiger charge is -2.26. The summed E-state index contributed by atoms with van der Waals surface area (Å²) < 4.78 is 37.7. The number of hydrogen-bond acceptors (Lipinski definition) is 2. The molecule has 0 aromatic heterocycles. The maximum Gasteiger partial charge on any atom is 0.416 e. The van der Waals surface area contributed by atoms with Gasteiger partial charge in [0.05, 0.1) is 5.56 Å². The topological polar surface area (TPSA) is 32.3 Å². The molecular formula is C18H17F3N2O. The number of nitrogens with one attached hydrogen (secondary N) is 1. The second-order valence-electron chi connectivity index (χ2n) is 5.81. The van der Waals surface area contributed by atoms with Crippen molar-refractivity contribution in [2.45, 2.75) is 25.6 Å². The zero-order chi connectivity index (χ0) is 17.3. The van der Waals surface area contributed by atoms with Crippen LogP contribution in [0, 0.1) is 0 Å². The Balaban J connectivity index is 1.69. The number of fused-ring (bicyclic) bond motifs is 1. The van der Waals surface area contributed by atoms with Crippen molar-refractivity contribution in [2.75, 3.05) is 16.8 Å². The number of benzene rings is 2. The van der Waals surface area contributed by atoms with Gasteiger partial charge in [0.25, 0.3) is 0 Å². The Morgan fingerprint density at radius 2 is 1.79 bits per heavy atom. The second-order valence-corrected chi connectivity index (χ2v) is 5.81. The molecule has 0 saturated carbocycles. The van der Waals surface area contributed by atoms with Crippen LogP contribution >= 0.6 is 0 Å². The zero-order valence-electron chi connectivity index (χ0n) is 13.1. The quantitative estimate of drug-likeness (QED) is 0.917. The van der Waals surface area contributed by atoms with Gasteiger partial charge in [-0.15, -0.1) is 0 Å². The van der Waals surface area contributed by atoms with Crippen molar-refractivity contribution in [2.24, 2.45) is 0 Å². The van der Waals surface area contributed by atoms with Crippen LogP contribution in [0.3, 0.4) is 0 Å². The van der Waals surface area contributed by atoms with E-state index in [1.807, 2.05) is 29.2 Å². The van der Waals surface area contributed by atoms with E-state index in [4.69, 9.17) is 0 Å². The number of anilines is 2. The van der Waals surface area contributed by atoms with Crippen molar-refractivity contribution < 1.29 is 18.0 Å². The molecule has 1 aliphatic rings. The van der Waals surface area contributed by atoms with Crippen molar-refractivity contribution in [1.29, 1.82) is 0 Å². The molecule has 3 nitrogen and oxygen atoms in total. The number of rotatable bonds is 3. The number of carbonyl (C=O) groups is 1. The molecule has 1 heterocycles. The highest BCUT2D eigenvalue weighted by Gasteiger charge is 2.30. The first-order chi connectivity index (χ1) is 11.4. The van der Waals surface area contributed by atoms with Crippen LogP contribution in [-0.2, 0) is 17.4 Å². The lowest BCUT2D eigenvalue weighted by atomic mass is 10.1. The third-order valence-electron chi connectivity index (χ3n) is 4.25. The van der Waals surface area contributed by atoms with Crippen LogP contribution in [0.4, 0.5) is 24.5 Å². The van der Waals surface area contributed by atoms with E-state index in [9.17, 15) is 18.0 Å². The zero-order valence-corrected chi connectivity index (χ0v) is 13.1. The molecule has 24 heavy (non-hydrogen) atoms. The molecule has 0 spiro atoms. The van der Waals surface area contributed by atoms with E-state index in [2.05, 4.69) is 5.32 Å². The summed E-state index contributed by atoms with van der Waals surface area (Å²) in [6.45, 7) is 2.54. The third-order valence-corrected chi connectivity index (χ3v) is 4.25. The van der Waals surface area contributed by atoms with Gasteiger partial charge in [0.1, 0.15) is 6.04 Å². The fourth-order valence-corrected chi connectivity index (χ4v) is 2.90. The van der Waals surface area contributed by atoms with Crippen LogP contribution in [-0.4, -0.2) is 18.5 Å². The number of carbonyl (C=O) groups excluding carboxylic acids is 1. The lowest BCUT2D eigenvalue weighted by Crippen LogP contribution is -2.41. The molecule has 1 aliphatic heterocycles. The number of hydrogen-bond donors (Lipinski definition) is 1. The summed E-state index contributed by atoms with van der Waals surface area (Å²) in [6, 6.07) is 12.0. The Hall–Kier alpha value is -2.50. The summed E-state index contributed by atoms with van der Waals surface area (Å²) in [6.07, 6.45) is -3.50. The molecule has 0 unspecified atom stereocenters. The Morgan fingerprint density at radius 1 is 1.12 bits per heavy atom. The van der Waals surface area contributed by atoms with Gasteiger partial charge in [-0.2, -0.15) is 13.2 Å². The number of alkyl halides is 3. The number of para-hydroxylation sites is 1. The van der Waals surface area contributed by atoms with Crippen LogP contribution in [0.2, 0.25) is 0 Å². The Kier molecular flexibility index (Phi) is 4.22. The maximum absolute atomic E-state index is 12.6. The van der Waals surface area contributed by atoms with Crippen molar-refractivity contribution in [1.82, 2.24) is 0 Å². The molecule has 1 amide bonds. The summed E-state index contributed by atoms with van der Waals surface area (Å²) >= 11 is 0. The average Bonchev–Trinajstić information content (AvgIpc) is 2.97. The molecule has 126 valence electrons. The molecule has 2 aromatic carbocycles. The second kappa shape index (κ2) is 6.19. The van der Waals surface area contributed by atoms with E-state index in [0.717, 1.165) is 30.8 Å². The molecule has 0 saturated heterocycles. The highest BCUT2D eigenvalue weighted by molar-refractivity contribution is 5.97. The smallest absolute Gasteiger partial charge is 0.359 e. The predicted molar refractivity (Wildman–Crippen MR) is 87.0 cm³/mol. The SMILES string of the molecule is C[C@H](C(=O)Nc1ccc(C(F)(F)F)cc1)N1CCc2ccccc21. The monoisotopic (exact) mass is 334 g/mol. The minimum absolute atomic E-state index is 0.244. The Bertz CT molecular complexity index is 741. The first-order valence-electron chi connectivity index (χ1n) is 7.69. The molecule has 0 aliphatic carbocycles. The van der Waals surface area contributed by atoms with Gasteiger partial charge < -0.3 is 10.2 Å². The van der Waals surface area contributed by atoms with Crippen LogP contribution in [0.1, 0.15) is 18.1 Å². The highest BCUT2D eigenvalue weighted by Crippen LogP contribution is 2.31. The number of halogens is 3. The van der Waals surface area contributed by atoms with Gasteiger partial charge >= 0.3 is 6.18 Å². The molecule has 0 fully saturated rings. The Labute approximate surface area is 138 Å². The highest BCUT2D eigenvalue weighted by atomic mass is 19.4. The van der Waals surface area contributed by atoms with E-state index in [-0.39, 0.29) is 5.91 Å². The summed E-state index contributed by atoms with van der Waals surface area (Å²) in [5.41, 5.74) is 1.86. The standard InChI is InChI=1S/C18H17F3N2O/c1-12(23-11-10-13-4-2-3-5-16(13)23)17(24)22-15-8-6-14(7-9-15)18(19,20)21/h2-9,12H,10-11H2,1H3,(H,22,24)/t12-/m1/s1. The van der Waals surface area contributed by atoms with Crippen molar-refractivity contribution in [3.63, 3.8) is 0 Å². The molecule has 6 heteroatoms. The molecule has 3 rings (SSSR count). The van der Waals surface area contributed by atoms with Crippen LogP contribution < -0.4 is 10.2 Å². The van der Waals surface area contributed by atoms with Gasteiger partial charge in [0.2, 0.25) is 5.91 Å². The maximum atomic E-state index is 12.6. The van der Waals surface area contributed by atoms with Crippen LogP contribution in [0.5, 0.6) is 0 Å². The van der Waals surface area contributed by atoms with Gasteiger partial charge in [0.15, 0.2) is 0 Å². The van der Waals surface area contributed by atoms with Gasteiger partial charge in [-0.3, -0.25) is 4.79 Å². The molecule has 0 radical (unpaired) electrons. The third kappa shape index (κ3) is 3.22. The van der Waals surface area contributed by atoms with Gasteiger partial charge in [-0.05, 0) is 49.2 Å². The van der Waals surface area contributed by atoms with Crippen molar-refractivity contribution in [3.8, 4) is 0 Å². The molecule has 1 atom stereocenters. The van der Waals surface area contributed by atoms with E-state index in [0.29, 0.717) is 5.69 Å². The van der Waals surface area contributed by atoms with Crippen molar-refractivity contribution in [3.05, 3.63) is 59.7 Å². The molecule has 2 aromatic rings. The van der Waals surface area contributed by atoms with Crippen LogP contribution in [0.15, 0.2) is 48.5 Å². The largest absolute Gasteiger partial charge is 0.416 e. The first-order valence-corrected chi connectivity index (χ1v) is 7.69. The van der Waals surface area contributed by atoms with E-state index in [1.54, 1.807) is 6.92 Å². The number of amides is 1. The minimum atomic E-state index is -4.38. The first kappa shape index (κ1) is 16.4. The summed E-state index contributed by atoms with van der Waals surface area (Å²) in [5.74, 6) is -0.244. The van der Waals surface area contributed by atoms with E-state index < -0.39 is 17.8 Å². The van der Waals surface area contributed by atoms with Gasteiger partial charge in [0, 0.05) is 17.9 Å². The summed E-state index contributed by atoms with van der Waals surface area (Å²) in [5, 5.41) is 2.68. The average molecular weight is 334 g/mol. The van der Waals surface area contributed by atoms with Crippen molar-refractivity contribution >= 4 is 17.3 Å². The fourth-order valence-electron chi connectivity index (χ4n) is 2.90. The lowest BCUT2D eigenvalue weighted by molar-refractivity contribution is -0.137. The fraction of sp³-hybridized carbons (Fsp3) is 0.278. The predicted octanol–water partition coefficient (Wildman–Crippen LogP) is 4.10. The minimum Gasteiger partial charge on any atom is -0.359 e. The Morgan fingerprint density at radius 3 is 2.46 bits per heavy atom. The van der Waals surface area contributed by atoms with Gasteiger partial charge in [-0.1, -0.05) is 18.2 Å². The molecular weight excluding hydrogens is 317 g/mol. The van der Waals surface area contributed by atoms with Gasteiger partial charge in [-0.25, -0.2) is 0 Å². The summed E-state index contributed by atoms with van der Waals surface area (Å²) in [4.78, 5) is 14.4. The number of nitrogens with zero attached hydrogens (tertiary/aromatic N) is 1. The van der Waals surface area contributed by atoms with Crippen LogP contribution in [0.25, 0.3) is 0 Å². The van der Waals surface area contributed by atoms with E-state index in [1.165, 1.54) is 17.7 Å².